The van der Waals surface area contributed by atoms with Gasteiger partial charge in [-0.15, -0.1) is 0 Å². The molecule has 0 aliphatic carbocycles. The Balaban J connectivity index is 3.88. The molecule has 0 bridgehead atoms. The van der Waals surface area contributed by atoms with Gasteiger partial charge in [-0.1, -0.05) is 0 Å². The maximum Gasteiger partial charge on any atom is 0.256 e. The average Bonchev–Trinajstić information content (AvgIpc) is 1.58. The average molecular weight is 161 g/mol. The topological polar surface area (TPSA) is 46.2 Å². The van der Waals surface area contributed by atoms with E-state index in [4.69, 9.17) is 0 Å². The largest absolute Gasteiger partial charge is 0.293 e. The van der Waals surface area contributed by atoms with Gasteiger partial charge in [-0.3, -0.25) is 14.9 Å². The summed E-state index contributed by atoms with van der Waals surface area (Å²) in [6.07, 6.45) is 3.80. The lowest BCUT2D eigenvalue weighted by atomic mass is 10.6. The summed E-state index contributed by atoms with van der Waals surface area (Å²) < 4.78 is 0. The fourth-order valence-electron chi connectivity index (χ4n) is 0.417. The van der Waals surface area contributed by atoms with Crippen LogP contribution in [-0.4, -0.2) is 29.7 Å². The van der Waals surface area contributed by atoms with Crippen LogP contribution in [0.1, 0.15) is 6.92 Å². The molecular weight excluding hydrogens is 150 g/mol. The van der Waals surface area contributed by atoms with Gasteiger partial charge in [0.1, 0.15) is 0 Å². The molecule has 0 heterocycles. The molecule has 0 aromatic carbocycles. The standard InChI is InChI=1S/C6H11NO2S/c1-5(8)7-6(9)4-10(2)3/h4H,1-3H3,(H,7,8,9). The number of imide groups is 1. The van der Waals surface area contributed by atoms with Crippen molar-refractivity contribution in [2.24, 2.45) is 0 Å². The molecule has 3 nitrogen and oxygen atoms in total. The molecule has 0 spiro atoms. The highest BCUT2D eigenvalue weighted by atomic mass is 32.2. The second-order valence-corrected chi connectivity index (χ2v) is 4.04. The van der Waals surface area contributed by atoms with Crippen LogP contribution in [0.15, 0.2) is 0 Å². The van der Waals surface area contributed by atoms with E-state index in [1.807, 2.05) is 12.5 Å². The fraction of sp³-hybridized carbons (Fsp3) is 0.500. The van der Waals surface area contributed by atoms with Crippen molar-refractivity contribution < 1.29 is 9.59 Å². The van der Waals surface area contributed by atoms with E-state index < -0.39 is 0 Å². The lowest BCUT2D eigenvalue weighted by molar-refractivity contribution is -0.125. The van der Waals surface area contributed by atoms with Crippen LogP contribution < -0.4 is 5.32 Å². The summed E-state index contributed by atoms with van der Waals surface area (Å²) >= 11 is 0. The van der Waals surface area contributed by atoms with Crippen molar-refractivity contribution >= 4 is 27.7 Å². The molecule has 2 amide bonds. The van der Waals surface area contributed by atoms with Crippen LogP contribution in [0, 0.1) is 0 Å². The number of carbonyl (C=O) groups excluding carboxylic acids is 2. The third-order valence-electron chi connectivity index (χ3n) is 0.642. The van der Waals surface area contributed by atoms with Crippen molar-refractivity contribution in [2.45, 2.75) is 6.92 Å². The first-order valence-corrected chi connectivity index (χ1v) is 4.85. The van der Waals surface area contributed by atoms with Gasteiger partial charge in [0.25, 0.3) is 5.91 Å². The summed E-state index contributed by atoms with van der Waals surface area (Å²) in [6.45, 7) is 1.31. The predicted molar refractivity (Wildman–Crippen MR) is 44.3 cm³/mol. The van der Waals surface area contributed by atoms with E-state index in [1.165, 1.54) is 12.3 Å². The molecule has 0 aromatic rings. The molecule has 0 aromatic heterocycles. The maximum absolute atomic E-state index is 10.7. The maximum atomic E-state index is 10.7. The quantitative estimate of drug-likeness (QED) is 0.549. The summed E-state index contributed by atoms with van der Waals surface area (Å²) in [5.41, 5.74) is 0. The number of nitrogens with one attached hydrogen (secondary N) is 1. The van der Waals surface area contributed by atoms with E-state index in [0.29, 0.717) is 0 Å². The first kappa shape index (κ1) is 9.36. The van der Waals surface area contributed by atoms with Crippen LogP contribution >= 0.6 is 10.5 Å². The van der Waals surface area contributed by atoms with E-state index in [0.717, 1.165) is 0 Å². The van der Waals surface area contributed by atoms with E-state index in [1.54, 1.807) is 0 Å². The third kappa shape index (κ3) is 5.50. The number of amides is 2. The van der Waals surface area contributed by atoms with Gasteiger partial charge >= 0.3 is 0 Å². The molecule has 0 saturated carbocycles. The number of carbonyl (C=O) groups is 2. The van der Waals surface area contributed by atoms with Crippen molar-refractivity contribution in [3.05, 3.63) is 0 Å². The van der Waals surface area contributed by atoms with Gasteiger partial charge in [-0.25, -0.2) is 0 Å². The molecule has 1 N–H and O–H groups in total. The third-order valence-corrected chi connectivity index (χ3v) is 1.33. The van der Waals surface area contributed by atoms with Crippen molar-refractivity contribution in [1.82, 2.24) is 5.32 Å². The van der Waals surface area contributed by atoms with Crippen LogP contribution in [0.5, 0.6) is 0 Å². The SMILES string of the molecule is CC(=O)NC(=O)C=S(C)C. The molecule has 0 aliphatic rings. The summed E-state index contributed by atoms with van der Waals surface area (Å²) in [5, 5.41) is 3.64. The molecular formula is C6H11NO2S. The van der Waals surface area contributed by atoms with E-state index in [-0.39, 0.29) is 22.3 Å². The van der Waals surface area contributed by atoms with Crippen molar-refractivity contribution in [2.75, 3.05) is 12.5 Å². The second-order valence-electron chi connectivity index (χ2n) is 2.04. The van der Waals surface area contributed by atoms with Gasteiger partial charge in [-0.2, -0.15) is 10.5 Å². The summed E-state index contributed by atoms with van der Waals surface area (Å²) in [6, 6.07) is 0. The van der Waals surface area contributed by atoms with Crippen LogP contribution in [0.3, 0.4) is 0 Å². The zero-order chi connectivity index (χ0) is 8.15. The molecule has 4 heteroatoms. The second kappa shape index (κ2) is 4.22. The molecule has 0 aliphatic heterocycles. The van der Waals surface area contributed by atoms with Crippen molar-refractivity contribution in [3.63, 3.8) is 0 Å². The Morgan fingerprint density at radius 3 is 2.20 bits per heavy atom. The normalized spacial score (nSPS) is 9.20. The fourth-order valence-corrected chi connectivity index (χ4v) is 0.904. The van der Waals surface area contributed by atoms with E-state index >= 15 is 0 Å². The summed E-state index contributed by atoms with van der Waals surface area (Å²) in [4.78, 5) is 21.0. The van der Waals surface area contributed by atoms with Crippen LogP contribution in [0.2, 0.25) is 0 Å². The molecule has 0 radical (unpaired) electrons. The summed E-state index contributed by atoms with van der Waals surface area (Å²) in [5.74, 6) is -0.618. The Morgan fingerprint density at radius 1 is 1.40 bits per heavy atom. The molecule has 10 heavy (non-hydrogen) atoms. The Morgan fingerprint density at radius 2 is 1.90 bits per heavy atom. The van der Waals surface area contributed by atoms with Gasteiger partial charge in [0.2, 0.25) is 5.91 Å². The van der Waals surface area contributed by atoms with Crippen molar-refractivity contribution in [1.29, 1.82) is 0 Å². The van der Waals surface area contributed by atoms with Gasteiger partial charge in [-0.05, 0) is 12.5 Å². The minimum atomic E-state index is -0.313. The van der Waals surface area contributed by atoms with Crippen LogP contribution in [0.25, 0.3) is 0 Å². The zero-order valence-electron chi connectivity index (χ0n) is 6.30. The first-order valence-electron chi connectivity index (χ1n) is 2.75. The van der Waals surface area contributed by atoms with E-state index in [9.17, 15) is 9.59 Å². The van der Waals surface area contributed by atoms with Crippen LogP contribution in [0.4, 0.5) is 0 Å². The lowest BCUT2D eigenvalue weighted by Gasteiger charge is -1.94. The smallest absolute Gasteiger partial charge is 0.256 e. The molecule has 0 unspecified atom stereocenters. The molecule has 0 saturated heterocycles. The van der Waals surface area contributed by atoms with E-state index in [2.05, 4.69) is 5.32 Å². The number of hydrogen-bond donors (Lipinski definition) is 1. The Hall–Kier alpha value is -0.640. The minimum Gasteiger partial charge on any atom is -0.293 e. The van der Waals surface area contributed by atoms with Gasteiger partial charge < -0.3 is 0 Å². The Bertz CT molecular complexity index is 182. The minimum absolute atomic E-state index is 0.0513. The lowest BCUT2D eigenvalue weighted by Crippen LogP contribution is -2.28. The molecule has 0 atom stereocenters. The number of rotatable bonds is 1. The Kier molecular flexibility index (Phi) is 3.95. The highest BCUT2D eigenvalue weighted by Crippen LogP contribution is 1.92. The van der Waals surface area contributed by atoms with Crippen molar-refractivity contribution in [3.8, 4) is 0 Å². The molecule has 0 fully saturated rings. The monoisotopic (exact) mass is 161 g/mol. The van der Waals surface area contributed by atoms with Gasteiger partial charge in [0, 0.05) is 12.3 Å². The molecule has 0 rings (SSSR count). The highest BCUT2D eigenvalue weighted by Gasteiger charge is 1.96. The highest BCUT2D eigenvalue weighted by molar-refractivity contribution is 8.14. The predicted octanol–water partition coefficient (Wildman–Crippen LogP) is -0.0202. The van der Waals surface area contributed by atoms with Gasteiger partial charge in [0.05, 0.1) is 0 Å². The summed E-state index contributed by atoms with van der Waals surface area (Å²) in [7, 11) is -0.0513. The first-order chi connectivity index (χ1) is 4.52. The van der Waals surface area contributed by atoms with Gasteiger partial charge in [0.15, 0.2) is 0 Å². The Labute approximate surface area is 62.7 Å². The van der Waals surface area contributed by atoms with Crippen LogP contribution in [-0.2, 0) is 9.59 Å². The number of hydrogen-bond acceptors (Lipinski definition) is 2. The molecule has 58 valence electrons. The zero-order valence-corrected chi connectivity index (χ0v) is 7.12.